The Labute approximate surface area is 261 Å². The minimum Gasteiger partial charge on any atom is -0.480 e. The average Bonchev–Trinajstić information content (AvgIpc) is 3.36. The van der Waals surface area contributed by atoms with Crippen LogP contribution in [0.25, 0.3) is 22.0 Å². The van der Waals surface area contributed by atoms with Crippen LogP contribution in [0, 0.1) is 6.92 Å². The zero-order valence-corrected chi connectivity index (χ0v) is 24.6. The highest BCUT2D eigenvalue weighted by Gasteiger charge is 2.38. The lowest BCUT2D eigenvalue weighted by atomic mass is 10.0. The van der Waals surface area contributed by atoms with E-state index in [9.17, 15) is 49.5 Å². The zero-order chi connectivity index (χ0) is 35.5. The lowest BCUT2D eigenvalue weighted by Crippen LogP contribution is -2.47. The highest BCUT2D eigenvalue weighted by Crippen LogP contribution is 2.36. The second kappa shape index (κ2) is 13.8. The number of hydrogen-bond acceptors (Lipinski definition) is 7. The van der Waals surface area contributed by atoms with Crippen molar-refractivity contribution < 1.29 is 69.2 Å². The number of carboxylic acid groups (broad SMARTS) is 3. The van der Waals surface area contributed by atoms with E-state index in [0.717, 1.165) is 21.7 Å². The van der Waals surface area contributed by atoms with Crippen molar-refractivity contribution >= 4 is 38.8 Å². The Morgan fingerprint density at radius 1 is 0.872 bits per heavy atom. The Bertz CT molecular complexity index is 1890. The molecule has 2 atom stereocenters. The van der Waals surface area contributed by atoms with Gasteiger partial charge in [0.05, 0.1) is 22.6 Å². The third-order valence-electron chi connectivity index (χ3n) is 6.46. The van der Waals surface area contributed by atoms with E-state index in [2.05, 4.69) is 0 Å². The van der Waals surface area contributed by atoms with Gasteiger partial charge >= 0.3 is 30.3 Å². The molecule has 0 aliphatic rings. The molecule has 1 aromatic heterocycles. The summed E-state index contributed by atoms with van der Waals surface area (Å²) in [4.78, 5) is 31.5. The lowest BCUT2D eigenvalue weighted by Gasteiger charge is -2.17. The maximum absolute atomic E-state index is 13.6. The molecule has 0 saturated heterocycles. The van der Waals surface area contributed by atoms with E-state index < -0.39 is 64.6 Å². The molecule has 1 heterocycles. The number of aryl methyl sites for hydroxylation is 1. The molecule has 252 valence electrons. The van der Waals surface area contributed by atoms with E-state index in [1.165, 1.54) is 48.7 Å². The Morgan fingerprint density at radius 3 is 1.89 bits per heavy atom. The Balaban J connectivity index is 0.000000771. The molecule has 0 aliphatic heterocycles. The number of nitrogens with two attached hydrogens (primary N) is 1. The molecule has 0 fully saturated rings. The lowest BCUT2D eigenvalue weighted by molar-refractivity contribution is -0.192. The molecule has 0 spiro atoms. The van der Waals surface area contributed by atoms with Gasteiger partial charge in [0.1, 0.15) is 6.04 Å². The number of carboxylic acids is 3. The molecule has 3 aromatic carbocycles. The van der Waals surface area contributed by atoms with Crippen molar-refractivity contribution in [2.75, 3.05) is 0 Å². The Hall–Kier alpha value is -4.94. The van der Waals surface area contributed by atoms with E-state index in [1.807, 2.05) is 0 Å². The monoisotopic (exact) mass is 690 g/mol. The maximum Gasteiger partial charge on any atom is 0.490 e. The fourth-order valence-corrected chi connectivity index (χ4v) is 5.43. The topological polar surface area (TPSA) is 186 Å². The standard InChI is InChI=1S/C27H23F3N2O7S.C2HF3O2/c1-15-2-9-19(10-3-15)40(37,38)32-13-21(17-5-7-18(8-6-17)27(28,29)30)20-11-4-16(12-22(20)32)14-39-24(26(35)36)23(31)25(33)34;3-2(4,5)1(6)7/h2-13,23-24H,14,31H2,1H3,(H,33,34)(H,35,36);(H,6,7)/t23-,24-;/m0./s1. The summed E-state index contributed by atoms with van der Waals surface area (Å²) in [6.45, 7) is 1.37. The van der Waals surface area contributed by atoms with Gasteiger partial charge < -0.3 is 25.8 Å². The van der Waals surface area contributed by atoms with Crippen LogP contribution in [0.1, 0.15) is 16.7 Å². The first-order chi connectivity index (χ1) is 21.6. The smallest absolute Gasteiger partial charge is 0.480 e. The molecule has 0 amide bonds. The third kappa shape index (κ3) is 8.66. The van der Waals surface area contributed by atoms with Crippen LogP contribution >= 0.6 is 0 Å². The van der Waals surface area contributed by atoms with E-state index in [-0.39, 0.29) is 10.4 Å². The van der Waals surface area contributed by atoms with Crippen LogP contribution in [0.2, 0.25) is 0 Å². The number of aliphatic carboxylic acids is 3. The van der Waals surface area contributed by atoms with Crippen LogP contribution in [-0.4, -0.2) is 63.9 Å². The van der Waals surface area contributed by atoms with Gasteiger partial charge in [-0.25, -0.2) is 22.0 Å². The van der Waals surface area contributed by atoms with Gasteiger partial charge in [-0.05, 0) is 48.4 Å². The van der Waals surface area contributed by atoms with E-state index in [4.69, 9.17) is 25.5 Å². The van der Waals surface area contributed by atoms with Crippen LogP contribution < -0.4 is 5.73 Å². The number of benzene rings is 3. The van der Waals surface area contributed by atoms with Gasteiger partial charge in [-0.3, -0.25) is 4.79 Å². The molecule has 47 heavy (non-hydrogen) atoms. The molecule has 0 radical (unpaired) electrons. The normalized spacial score (nSPS) is 13.4. The van der Waals surface area contributed by atoms with Crippen molar-refractivity contribution in [3.05, 3.63) is 89.6 Å². The number of hydrogen-bond donors (Lipinski definition) is 4. The molecule has 0 bridgehead atoms. The number of rotatable bonds is 9. The Kier molecular flexibility index (Phi) is 10.7. The molecule has 0 aliphatic carbocycles. The second-order valence-electron chi connectivity index (χ2n) is 9.82. The van der Waals surface area contributed by atoms with Crippen molar-refractivity contribution in [1.82, 2.24) is 3.97 Å². The van der Waals surface area contributed by atoms with Crippen LogP contribution in [-0.2, 0) is 41.9 Å². The van der Waals surface area contributed by atoms with Crippen molar-refractivity contribution in [3.8, 4) is 11.1 Å². The van der Waals surface area contributed by atoms with Gasteiger partial charge in [-0.1, -0.05) is 42.0 Å². The maximum atomic E-state index is 13.6. The highest BCUT2D eigenvalue weighted by atomic mass is 32.2. The van der Waals surface area contributed by atoms with Gasteiger partial charge in [0.15, 0.2) is 6.10 Å². The van der Waals surface area contributed by atoms with E-state index in [1.54, 1.807) is 19.1 Å². The largest absolute Gasteiger partial charge is 0.490 e. The van der Waals surface area contributed by atoms with E-state index in [0.29, 0.717) is 22.1 Å². The summed E-state index contributed by atoms with van der Waals surface area (Å²) in [5, 5.41) is 25.9. The summed E-state index contributed by atoms with van der Waals surface area (Å²) in [5.74, 6) is -5.93. The minimum atomic E-state index is -5.08. The van der Waals surface area contributed by atoms with Gasteiger partial charge in [-0.15, -0.1) is 0 Å². The summed E-state index contributed by atoms with van der Waals surface area (Å²) in [6.07, 6.45) is -10.2. The average molecular weight is 691 g/mol. The van der Waals surface area contributed by atoms with Gasteiger partial charge in [0.25, 0.3) is 10.0 Å². The fourth-order valence-electron chi connectivity index (χ4n) is 4.07. The first kappa shape index (κ1) is 36.5. The summed E-state index contributed by atoms with van der Waals surface area (Å²) < 4.78 is 105. The molecule has 18 heteroatoms. The minimum absolute atomic E-state index is 0.0333. The number of nitrogens with zero attached hydrogens (tertiary/aromatic N) is 1. The number of carbonyl (C=O) groups is 3. The van der Waals surface area contributed by atoms with Crippen molar-refractivity contribution in [2.45, 2.75) is 42.9 Å². The number of aromatic nitrogens is 1. The molecule has 0 saturated carbocycles. The molecular weight excluding hydrogens is 666 g/mol. The zero-order valence-electron chi connectivity index (χ0n) is 23.8. The summed E-state index contributed by atoms with van der Waals surface area (Å²) in [5.41, 5.74) is 6.50. The van der Waals surface area contributed by atoms with Crippen molar-refractivity contribution in [2.24, 2.45) is 5.73 Å². The fraction of sp³-hybridized carbons (Fsp3) is 0.207. The number of halogens is 6. The predicted molar refractivity (Wildman–Crippen MR) is 152 cm³/mol. The van der Waals surface area contributed by atoms with Gasteiger partial charge in [0.2, 0.25) is 0 Å². The van der Waals surface area contributed by atoms with Gasteiger partial charge in [0, 0.05) is 17.1 Å². The summed E-state index contributed by atoms with van der Waals surface area (Å²) in [6, 6.07) is 12.9. The molecular formula is C29H24F6N2O9S. The molecule has 0 unspecified atom stereocenters. The first-order valence-electron chi connectivity index (χ1n) is 12.9. The number of alkyl halides is 6. The number of fused-ring (bicyclic) bond motifs is 1. The van der Waals surface area contributed by atoms with Crippen LogP contribution in [0.4, 0.5) is 26.3 Å². The second-order valence-corrected chi connectivity index (χ2v) is 11.6. The molecule has 5 N–H and O–H groups in total. The first-order valence-corrected chi connectivity index (χ1v) is 14.4. The quantitative estimate of drug-likeness (QED) is 0.176. The molecule has 11 nitrogen and oxygen atoms in total. The predicted octanol–water partition coefficient (Wildman–Crippen LogP) is 4.89. The Morgan fingerprint density at radius 2 is 1.43 bits per heavy atom. The third-order valence-corrected chi connectivity index (χ3v) is 8.15. The van der Waals surface area contributed by atoms with Crippen molar-refractivity contribution in [3.63, 3.8) is 0 Å². The highest BCUT2D eigenvalue weighted by molar-refractivity contribution is 7.90. The summed E-state index contributed by atoms with van der Waals surface area (Å²) >= 11 is 0. The van der Waals surface area contributed by atoms with Crippen LogP contribution in [0.5, 0.6) is 0 Å². The summed E-state index contributed by atoms with van der Waals surface area (Å²) in [7, 11) is -4.18. The molecule has 4 aromatic rings. The van der Waals surface area contributed by atoms with Crippen LogP contribution in [0.15, 0.2) is 77.8 Å². The van der Waals surface area contributed by atoms with Gasteiger partial charge in [-0.2, -0.15) is 26.3 Å². The van der Waals surface area contributed by atoms with Crippen LogP contribution in [0.3, 0.4) is 0 Å². The number of ether oxygens (including phenoxy) is 1. The van der Waals surface area contributed by atoms with Crippen molar-refractivity contribution in [1.29, 1.82) is 0 Å². The molecule has 4 rings (SSSR count). The SMILES string of the molecule is Cc1ccc(S(=O)(=O)n2cc(-c3ccc(C(F)(F)F)cc3)c3ccc(CO[C@H](C(=O)O)[C@H](N)C(=O)O)cc32)cc1.O=C(O)C(F)(F)F. The van der Waals surface area contributed by atoms with E-state index >= 15 is 0 Å².